The standard InChI is InChI=1S/C7H10N2O4/c1-3-4(2)13-7(12)5(9-8)6(10)11/h4H,3H2,1-2H3,(H,10,11). The van der Waals surface area contributed by atoms with Gasteiger partial charge in [0, 0.05) is 0 Å². The van der Waals surface area contributed by atoms with Crippen LogP contribution in [0.2, 0.25) is 0 Å². The molecule has 0 aromatic heterocycles. The summed E-state index contributed by atoms with van der Waals surface area (Å²) < 4.78 is 4.60. The molecule has 0 amide bonds. The molecule has 0 bridgehead atoms. The molecule has 1 N–H and O–H groups in total. The third kappa shape index (κ3) is 3.48. The number of hydrogen-bond donors (Lipinski definition) is 1. The van der Waals surface area contributed by atoms with Crippen molar-refractivity contribution in [1.29, 1.82) is 0 Å². The molecule has 1 unspecified atom stereocenters. The van der Waals surface area contributed by atoms with Crippen molar-refractivity contribution >= 4 is 17.7 Å². The molecular formula is C7H10N2O4. The van der Waals surface area contributed by atoms with Gasteiger partial charge in [0.05, 0.1) is 6.10 Å². The lowest BCUT2D eigenvalue weighted by Gasteiger charge is -2.06. The summed E-state index contributed by atoms with van der Waals surface area (Å²) in [5.41, 5.74) is 7.15. The van der Waals surface area contributed by atoms with Crippen LogP contribution >= 0.6 is 0 Å². The van der Waals surface area contributed by atoms with E-state index in [0.717, 1.165) is 0 Å². The topological polar surface area (TPSA) is 100 Å². The van der Waals surface area contributed by atoms with Crippen LogP contribution in [-0.2, 0) is 14.3 Å². The Morgan fingerprint density at radius 3 is 2.46 bits per heavy atom. The number of carbonyl (C=O) groups excluding carboxylic acids is 1. The van der Waals surface area contributed by atoms with Gasteiger partial charge in [-0.15, -0.1) is 0 Å². The maximum Gasteiger partial charge on any atom is 0.482 e. The van der Waals surface area contributed by atoms with Crippen LogP contribution in [0.4, 0.5) is 0 Å². The first-order chi connectivity index (χ1) is 6.02. The zero-order valence-corrected chi connectivity index (χ0v) is 7.35. The van der Waals surface area contributed by atoms with E-state index in [4.69, 9.17) is 10.6 Å². The molecule has 0 rings (SSSR count). The smallest absolute Gasteiger partial charge is 0.472 e. The van der Waals surface area contributed by atoms with Crippen LogP contribution in [-0.4, -0.2) is 33.7 Å². The second-order valence-corrected chi connectivity index (χ2v) is 2.38. The number of carboxylic acid groups (broad SMARTS) is 1. The first-order valence-electron chi connectivity index (χ1n) is 3.69. The molecule has 0 aromatic carbocycles. The van der Waals surface area contributed by atoms with E-state index in [0.29, 0.717) is 6.42 Å². The van der Waals surface area contributed by atoms with Gasteiger partial charge in [-0.25, -0.2) is 9.59 Å². The van der Waals surface area contributed by atoms with E-state index < -0.39 is 23.8 Å². The molecule has 72 valence electrons. The second kappa shape index (κ2) is 5.05. The number of aliphatic carboxylic acids is 1. The van der Waals surface area contributed by atoms with Crippen molar-refractivity contribution in [3.8, 4) is 0 Å². The number of carbonyl (C=O) groups is 2. The summed E-state index contributed by atoms with van der Waals surface area (Å²) in [6.07, 6.45) is 0.160. The number of nitrogens with zero attached hydrogens (tertiary/aromatic N) is 2. The van der Waals surface area contributed by atoms with E-state index in [9.17, 15) is 9.59 Å². The number of ether oxygens (including phenoxy) is 1. The van der Waals surface area contributed by atoms with Gasteiger partial charge in [-0.2, -0.15) is 4.79 Å². The summed E-state index contributed by atoms with van der Waals surface area (Å²) >= 11 is 0. The van der Waals surface area contributed by atoms with E-state index in [1.54, 1.807) is 13.8 Å². The molecule has 0 saturated carbocycles. The van der Waals surface area contributed by atoms with Gasteiger partial charge in [0.15, 0.2) is 0 Å². The van der Waals surface area contributed by atoms with Gasteiger partial charge in [0.2, 0.25) is 0 Å². The van der Waals surface area contributed by atoms with Gasteiger partial charge in [-0.3, -0.25) is 0 Å². The summed E-state index contributed by atoms with van der Waals surface area (Å²) in [6, 6.07) is 0. The van der Waals surface area contributed by atoms with Crippen LogP contribution in [0.15, 0.2) is 0 Å². The molecule has 0 aliphatic carbocycles. The molecule has 0 aliphatic rings. The molecule has 6 nitrogen and oxygen atoms in total. The molecule has 6 heteroatoms. The zero-order valence-electron chi connectivity index (χ0n) is 7.35. The van der Waals surface area contributed by atoms with E-state index in [1.807, 2.05) is 0 Å². The zero-order chi connectivity index (χ0) is 10.4. The van der Waals surface area contributed by atoms with Crippen molar-refractivity contribution in [3.05, 3.63) is 5.53 Å². The highest BCUT2D eigenvalue weighted by Crippen LogP contribution is 1.96. The van der Waals surface area contributed by atoms with Crippen molar-refractivity contribution < 1.29 is 24.2 Å². The van der Waals surface area contributed by atoms with Gasteiger partial charge in [0.1, 0.15) is 0 Å². The molecule has 0 spiro atoms. The number of esters is 1. The maximum atomic E-state index is 10.9. The quantitative estimate of drug-likeness (QED) is 0.221. The minimum absolute atomic E-state index is 0.399. The molecule has 0 aliphatic heterocycles. The van der Waals surface area contributed by atoms with Crippen molar-refractivity contribution in [2.45, 2.75) is 26.4 Å². The predicted molar refractivity (Wildman–Crippen MR) is 42.1 cm³/mol. The Bertz CT molecular complexity index is 268. The highest BCUT2D eigenvalue weighted by atomic mass is 16.5. The predicted octanol–water partition coefficient (Wildman–Crippen LogP) is 0.0835. The van der Waals surface area contributed by atoms with E-state index >= 15 is 0 Å². The third-order valence-corrected chi connectivity index (χ3v) is 1.38. The van der Waals surface area contributed by atoms with Crippen LogP contribution in [0.5, 0.6) is 0 Å². The minimum atomic E-state index is -1.61. The summed E-state index contributed by atoms with van der Waals surface area (Å²) in [5, 5.41) is 8.34. The van der Waals surface area contributed by atoms with Crippen molar-refractivity contribution in [3.63, 3.8) is 0 Å². The Hall–Kier alpha value is -1.68. The Morgan fingerprint density at radius 2 is 2.15 bits per heavy atom. The first kappa shape index (κ1) is 11.3. The van der Waals surface area contributed by atoms with Gasteiger partial charge in [-0.05, 0) is 13.3 Å². The molecule has 1 atom stereocenters. The average Bonchev–Trinajstić information content (AvgIpc) is 2.04. The number of carboxylic acids is 1. The summed E-state index contributed by atoms with van der Waals surface area (Å²) in [6.45, 7) is 3.38. The molecule has 0 saturated heterocycles. The second-order valence-electron chi connectivity index (χ2n) is 2.38. The van der Waals surface area contributed by atoms with E-state index in [1.165, 1.54) is 0 Å². The van der Waals surface area contributed by atoms with Crippen molar-refractivity contribution in [1.82, 2.24) is 0 Å². The normalized spacial score (nSPS) is 11.2. The lowest BCUT2D eigenvalue weighted by Crippen LogP contribution is -2.29. The Balaban J connectivity index is 4.42. The minimum Gasteiger partial charge on any atom is -0.472 e. The molecular weight excluding hydrogens is 176 g/mol. The molecule has 0 fully saturated rings. The molecule has 0 heterocycles. The fraction of sp³-hybridized carbons (Fsp3) is 0.571. The maximum absolute atomic E-state index is 10.9. The van der Waals surface area contributed by atoms with Crippen LogP contribution in [0.1, 0.15) is 20.3 Å². The van der Waals surface area contributed by atoms with Gasteiger partial charge in [0.25, 0.3) is 0 Å². The Labute approximate surface area is 74.7 Å². The SMILES string of the molecule is CCC(C)OC(=O)C(=[N+]=[N-])C(=O)O. The summed E-state index contributed by atoms with van der Waals surface area (Å²) in [4.78, 5) is 23.5. The van der Waals surface area contributed by atoms with E-state index in [-0.39, 0.29) is 0 Å². The highest BCUT2D eigenvalue weighted by molar-refractivity contribution is 6.60. The largest absolute Gasteiger partial charge is 0.482 e. The van der Waals surface area contributed by atoms with Crippen LogP contribution in [0.25, 0.3) is 5.53 Å². The van der Waals surface area contributed by atoms with Gasteiger partial charge >= 0.3 is 17.7 Å². The van der Waals surface area contributed by atoms with E-state index in [2.05, 4.69) is 9.53 Å². The van der Waals surface area contributed by atoms with Crippen LogP contribution in [0.3, 0.4) is 0 Å². The molecule has 0 radical (unpaired) electrons. The fourth-order valence-electron chi connectivity index (χ4n) is 0.493. The Morgan fingerprint density at radius 1 is 1.62 bits per heavy atom. The Kier molecular flexibility index (Phi) is 4.40. The van der Waals surface area contributed by atoms with Crippen molar-refractivity contribution in [2.75, 3.05) is 0 Å². The summed E-state index contributed by atoms with van der Waals surface area (Å²) in [7, 11) is 0. The first-order valence-corrected chi connectivity index (χ1v) is 3.69. The lowest BCUT2D eigenvalue weighted by molar-refractivity contribution is -0.149. The fourth-order valence-corrected chi connectivity index (χ4v) is 0.493. The van der Waals surface area contributed by atoms with Crippen molar-refractivity contribution in [2.24, 2.45) is 0 Å². The number of hydrogen-bond acceptors (Lipinski definition) is 3. The highest BCUT2D eigenvalue weighted by Gasteiger charge is 2.31. The third-order valence-electron chi connectivity index (χ3n) is 1.38. The van der Waals surface area contributed by atoms with Gasteiger partial charge < -0.3 is 15.4 Å². The van der Waals surface area contributed by atoms with Crippen LogP contribution in [0, 0.1) is 0 Å². The summed E-state index contributed by atoms with van der Waals surface area (Å²) in [5.74, 6) is -2.75. The van der Waals surface area contributed by atoms with Crippen LogP contribution < -0.4 is 0 Å². The van der Waals surface area contributed by atoms with Gasteiger partial charge in [-0.1, -0.05) is 6.92 Å². The monoisotopic (exact) mass is 186 g/mol. The number of rotatable bonds is 4. The average molecular weight is 186 g/mol. The lowest BCUT2D eigenvalue weighted by atomic mass is 10.3. The molecule has 13 heavy (non-hydrogen) atoms. The molecule has 0 aromatic rings.